The summed E-state index contributed by atoms with van der Waals surface area (Å²) < 4.78 is 84.1. The third-order valence-electron chi connectivity index (χ3n) is 3.67. The van der Waals surface area contributed by atoms with Gasteiger partial charge in [-0.3, -0.25) is 0 Å². The fourth-order valence-electron chi connectivity index (χ4n) is 2.31. The Kier molecular flexibility index (Phi) is 5.60. The van der Waals surface area contributed by atoms with Crippen molar-refractivity contribution in [2.45, 2.75) is 10.9 Å². The highest BCUT2D eigenvalue weighted by Gasteiger charge is 2.37. The summed E-state index contributed by atoms with van der Waals surface area (Å²) in [5.74, 6) is -3.45. The van der Waals surface area contributed by atoms with Crippen LogP contribution in [0.4, 0.5) is 8.78 Å². The number of nitrogens with zero attached hydrogens (tertiary/aromatic N) is 1. The molecule has 0 unspecified atom stereocenters. The zero-order valence-corrected chi connectivity index (χ0v) is 14.7. The second-order valence-electron chi connectivity index (χ2n) is 5.64. The zero-order chi connectivity index (χ0) is 18.1. The molecule has 0 saturated carbocycles. The molecule has 136 valence electrons. The molecule has 0 aliphatic carbocycles. The molecule has 7 nitrogen and oxygen atoms in total. The summed E-state index contributed by atoms with van der Waals surface area (Å²) >= 11 is 0. The van der Waals surface area contributed by atoms with E-state index in [1.165, 1.54) is 14.1 Å². The van der Waals surface area contributed by atoms with Crippen LogP contribution < -0.4 is 4.72 Å². The highest BCUT2D eigenvalue weighted by Crippen LogP contribution is 2.22. The van der Waals surface area contributed by atoms with Crippen molar-refractivity contribution in [3.8, 4) is 0 Å². The molecule has 24 heavy (non-hydrogen) atoms. The molecule has 11 heteroatoms. The predicted molar refractivity (Wildman–Crippen MR) is 82.3 cm³/mol. The standard InChI is InChI=1S/C13H18F2N2O5S2/c1-17(2)23(18,19)8-9-6-22-7-12(9)16-24(20,21)13-10(14)4-3-5-11(13)15/h3-5,9,12,16H,6-8H2,1-2H3/t9-,12+/m0/s1. The number of hydrogen-bond donors (Lipinski definition) is 1. The number of nitrogens with one attached hydrogen (secondary N) is 1. The molecule has 0 radical (unpaired) electrons. The van der Waals surface area contributed by atoms with Gasteiger partial charge in [-0.2, -0.15) is 0 Å². The van der Waals surface area contributed by atoms with Gasteiger partial charge in [-0.1, -0.05) is 6.07 Å². The van der Waals surface area contributed by atoms with Crippen molar-refractivity contribution >= 4 is 20.0 Å². The van der Waals surface area contributed by atoms with E-state index in [0.717, 1.165) is 22.5 Å². The quantitative estimate of drug-likeness (QED) is 0.754. The van der Waals surface area contributed by atoms with E-state index in [1.807, 2.05) is 0 Å². The van der Waals surface area contributed by atoms with Crippen molar-refractivity contribution in [3.05, 3.63) is 29.8 Å². The van der Waals surface area contributed by atoms with Gasteiger partial charge in [0.25, 0.3) is 0 Å². The highest BCUT2D eigenvalue weighted by atomic mass is 32.2. The fraction of sp³-hybridized carbons (Fsp3) is 0.538. The first-order chi connectivity index (χ1) is 11.0. The molecule has 1 N–H and O–H groups in total. The minimum Gasteiger partial charge on any atom is -0.379 e. The second-order valence-corrected chi connectivity index (χ2v) is 9.52. The van der Waals surface area contributed by atoms with Crippen molar-refractivity contribution in [2.24, 2.45) is 5.92 Å². The smallest absolute Gasteiger partial charge is 0.246 e. The Morgan fingerprint density at radius 2 is 1.75 bits per heavy atom. The van der Waals surface area contributed by atoms with Gasteiger partial charge < -0.3 is 4.74 Å². The molecule has 0 spiro atoms. The fourth-order valence-corrected chi connectivity index (χ4v) is 4.90. The third-order valence-corrected chi connectivity index (χ3v) is 7.18. The van der Waals surface area contributed by atoms with Crippen LogP contribution in [-0.4, -0.2) is 60.2 Å². The summed E-state index contributed by atoms with van der Waals surface area (Å²) in [4.78, 5) is -1.09. The molecule has 1 aromatic rings. The van der Waals surface area contributed by atoms with Crippen LogP contribution in [0.3, 0.4) is 0 Å². The average Bonchev–Trinajstić information content (AvgIpc) is 2.83. The van der Waals surface area contributed by atoms with Gasteiger partial charge in [-0.05, 0) is 12.1 Å². The van der Waals surface area contributed by atoms with E-state index < -0.39 is 48.5 Å². The van der Waals surface area contributed by atoms with Crippen LogP contribution in [0.2, 0.25) is 0 Å². The van der Waals surface area contributed by atoms with Crippen molar-refractivity contribution in [3.63, 3.8) is 0 Å². The molecule has 1 saturated heterocycles. The molecule has 1 aliphatic rings. The number of halogens is 2. The van der Waals surface area contributed by atoms with Gasteiger partial charge in [0.15, 0.2) is 4.90 Å². The van der Waals surface area contributed by atoms with Crippen LogP contribution in [0.1, 0.15) is 0 Å². The van der Waals surface area contributed by atoms with Crippen LogP contribution in [0.5, 0.6) is 0 Å². The minimum absolute atomic E-state index is 0.0278. The van der Waals surface area contributed by atoms with Gasteiger partial charge in [-0.15, -0.1) is 0 Å². The largest absolute Gasteiger partial charge is 0.379 e. The molecule has 0 bridgehead atoms. The first-order valence-electron chi connectivity index (χ1n) is 6.99. The maximum atomic E-state index is 13.7. The van der Waals surface area contributed by atoms with Crippen molar-refractivity contribution in [1.29, 1.82) is 0 Å². The van der Waals surface area contributed by atoms with Crippen molar-refractivity contribution < 1.29 is 30.4 Å². The Morgan fingerprint density at radius 1 is 1.17 bits per heavy atom. The van der Waals surface area contributed by atoms with E-state index in [9.17, 15) is 25.6 Å². The first kappa shape index (κ1) is 19.2. The minimum atomic E-state index is -4.50. The lowest BCUT2D eigenvalue weighted by Gasteiger charge is -2.21. The molecular formula is C13H18F2N2O5S2. The van der Waals surface area contributed by atoms with Gasteiger partial charge in [0.1, 0.15) is 11.6 Å². The van der Waals surface area contributed by atoms with E-state index in [-0.39, 0.29) is 19.0 Å². The summed E-state index contributed by atoms with van der Waals surface area (Å²) in [7, 11) is -5.36. The molecule has 2 rings (SSSR count). The summed E-state index contributed by atoms with van der Waals surface area (Å²) in [5.41, 5.74) is 0. The number of rotatable bonds is 6. The molecule has 0 aromatic heterocycles. The van der Waals surface area contributed by atoms with Crippen LogP contribution in [0.15, 0.2) is 23.1 Å². The summed E-state index contributed by atoms with van der Waals surface area (Å²) in [6.45, 7) is -0.0527. The van der Waals surface area contributed by atoms with E-state index >= 15 is 0 Å². The summed E-state index contributed by atoms with van der Waals surface area (Å²) in [5, 5.41) is 0. The molecule has 1 fully saturated rings. The van der Waals surface area contributed by atoms with Gasteiger partial charge >= 0.3 is 0 Å². The molecule has 2 atom stereocenters. The van der Waals surface area contributed by atoms with Gasteiger partial charge in [0, 0.05) is 20.0 Å². The Morgan fingerprint density at radius 3 is 2.29 bits per heavy atom. The van der Waals surface area contributed by atoms with Crippen molar-refractivity contribution in [1.82, 2.24) is 9.03 Å². The summed E-state index contributed by atoms with van der Waals surface area (Å²) in [6.07, 6.45) is 0. The lowest BCUT2D eigenvalue weighted by atomic mass is 10.1. The lowest BCUT2D eigenvalue weighted by molar-refractivity contribution is 0.185. The maximum absolute atomic E-state index is 13.7. The number of benzene rings is 1. The normalized spacial score (nSPS) is 22.2. The predicted octanol–water partition coefficient (Wildman–Crippen LogP) is 0.150. The van der Waals surface area contributed by atoms with Crippen LogP contribution in [0, 0.1) is 17.6 Å². The molecule has 1 heterocycles. The van der Waals surface area contributed by atoms with E-state index in [2.05, 4.69) is 4.72 Å². The Labute approximate surface area is 139 Å². The third kappa shape index (κ3) is 4.09. The monoisotopic (exact) mass is 384 g/mol. The van der Waals surface area contributed by atoms with Gasteiger partial charge in [0.2, 0.25) is 20.0 Å². The molecule has 0 amide bonds. The summed E-state index contributed by atoms with van der Waals surface area (Å²) in [6, 6.07) is 1.81. The van der Waals surface area contributed by atoms with Crippen LogP contribution in [-0.2, 0) is 24.8 Å². The Bertz CT molecular complexity index is 791. The van der Waals surface area contributed by atoms with Crippen LogP contribution >= 0.6 is 0 Å². The lowest BCUT2D eigenvalue weighted by Crippen LogP contribution is -2.43. The molecule has 1 aliphatic heterocycles. The Hall–Kier alpha value is -1.14. The molecule has 1 aromatic carbocycles. The second kappa shape index (κ2) is 7.00. The van der Waals surface area contributed by atoms with E-state index in [4.69, 9.17) is 4.74 Å². The number of hydrogen-bond acceptors (Lipinski definition) is 5. The maximum Gasteiger partial charge on any atom is 0.246 e. The van der Waals surface area contributed by atoms with Gasteiger partial charge in [-0.25, -0.2) is 34.6 Å². The van der Waals surface area contributed by atoms with Crippen LogP contribution in [0.25, 0.3) is 0 Å². The topological polar surface area (TPSA) is 92.8 Å². The zero-order valence-electron chi connectivity index (χ0n) is 13.1. The van der Waals surface area contributed by atoms with Crippen molar-refractivity contribution in [2.75, 3.05) is 33.1 Å². The highest BCUT2D eigenvalue weighted by molar-refractivity contribution is 7.89. The Balaban J connectivity index is 2.23. The average molecular weight is 384 g/mol. The number of ether oxygens (including phenoxy) is 1. The SMILES string of the molecule is CN(C)S(=O)(=O)C[C@@H]1COC[C@H]1NS(=O)(=O)c1c(F)cccc1F. The van der Waals surface area contributed by atoms with E-state index in [0.29, 0.717) is 0 Å². The first-order valence-corrected chi connectivity index (χ1v) is 10.1. The van der Waals surface area contributed by atoms with Gasteiger partial charge in [0.05, 0.1) is 25.0 Å². The van der Waals surface area contributed by atoms with E-state index in [1.54, 1.807) is 0 Å². The number of sulfonamides is 2. The molecular weight excluding hydrogens is 366 g/mol.